The van der Waals surface area contributed by atoms with Crippen molar-refractivity contribution in [3.05, 3.63) is 61.1 Å². The Morgan fingerprint density at radius 1 is 1.09 bits per heavy atom. The summed E-state index contributed by atoms with van der Waals surface area (Å²) >= 11 is 0. The van der Waals surface area contributed by atoms with Crippen molar-refractivity contribution in [3.8, 4) is 28.3 Å². The van der Waals surface area contributed by atoms with Gasteiger partial charge in [0.1, 0.15) is 17.8 Å². The van der Waals surface area contributed by atoms with Gasteiger partial charge in [-0.05, 0) is 6.07 Å². The second kappa shape index (κ2) is 5.53. The lowest BCUT2D eigenvalue weighted by Gasteiger charge is -2.07. The highest BCUT2D eigenvalue weighted by Crippen LogP contribution is 2.33. The molecule has 0 spiro atoms. The molecular formula is C18H13N4O. The first-order valence-corrected chi connectivity index (χ1v) is 7.17. The normalized spacial score (nSPS) is 10.8. The largest absolute Gasteiger partial charge is 0.496 e. The van der Waals surface area contributed by atoms with Crippen LogP contribution in [0, 0.1) is 6.07 Å². The summed E-state index contributed by atoms with van der Waals surface area (Å²) in [6, 6.07) is 16.8. The molecule has 5 nitrogen and oxygen atoms in total. The van der Waals surface area contributed by atoms with Crippen LogP contribution in [-0.4, -0.2) is 27.3 Å². The average Bonchev–Trinajstić information content (AvgIpc) is 3.11. The van der Waals surface area contributed by atoms with Gasteiger partial charge in [0.25, 0.3) is 0 Å². The maximum Gasteiger partial charge on any atom is 0.129 e. The van der Waals surface area contributed by atoms with E-state index in [1.54, 1.807) is 13.4 Å². The first-order valence-electron chi connectivity index (χ1n) is 7.17. The first-order chi connectivity index (χ1) is 11.4. The van der Waals surface area contributed by atoms with E-state index in [4.69, 9.17) is 4.74 Å². The van der Waals surface area contributed by atoms with Gasteiger partial charge in [0.2, 0.25) is 0 Å². The second-order valence-corrected chi connectivity index (χ2v) is 5.04. The van der Waals surface area contributed by atoms with E-state index in [1.165, 1.54) is 0 Å². The smallest absolute Gasteiger partial charge is 0.129 e. The zero-order chi connectivity index (χ0) is 15.6. The van der Waals surface area contributed by atoms with Gasteiger partial charge in [0.15, 0.2) is 0 Å². The number of hydrogen-bond acceptors (Lipinski definition) is 4. The third-order valence-corrected chi connectivity index (χ3v) is 3.70. The monoisotopic (exact) mass is 301 g/mol. The van der Waals surface area contributed by atoms with E-state index in [9.17, 15) is 0 Å². The summed E-state index contributed by atoms with van der Waals surface area (Å²) in [5.41, 5.74) is 4.46. The van der Waals surface area contributed by atoms with Gasteiger partial charge in [-0.15, -0.1) is 0 Å². The molecule has 2 aromatic carbocycles. The Morgan fingerprint density at radius 3 is 2.78 bits per heavy atom. The fourth-order valence-corrected chi connectivity index (χ4v) is 2.59. The molecule has 0 unspecified atom stereocenters. The van der Waals surface area contributed by atoms with Crippen LogP contribution in [-0.2, 0) is 0 Å². The van der Waals surface area contributed by atoms with E-state index in [-0.39, 0.29) is 0 Å². The van der Waals surface area contributed by atoms with Crippen LogP contribution in [0.3, 0.4) is 0 Å². The fourth-order valence-electron chi connectivity index (χ4n) is 2.59. The van der Waals surface area contributed by atoms with Crippen LogP contribution >= 0.6 is 0 Å². The third kappa shape index (κ3) is 2.32. The number of benzene rings is 2. The summed E-state index contributed by atoms with van der Waals surface area (Å²) in [5.74, 6) is 0.651. The van der Waals surface area contributed by atoms with Crippen LogP contribution < -0.4 is 4.74 Å². The molecule has 111 valence electrons. The molecule has 0 amide bonds. The fraction of sp³-hybridized carbons (Fsp3) is 0.0556. The Labute approximate surface area is 133 Å². The van der Waals surface area contributed by atoms with Gasteiger partial charge in [-0.1, -0.05) is 30.3 Å². The van der Waals surface area contributed by atoms with Gasteiger partial charge in [-0.3, -0.25) is 5.10 Å². The molecule has 4 rings (SSSR count). The van der Waals surface area contributed by atoms with Crippen molar-refractivity contribution in [3.63, 3.8) is 0 Å². The maximum absolute atomic E-state index is 5.21. The molecule has 4 aromatic rings. The van der Waals surface area contributed by atoms with Gasteiger partial charge in [0, 0.05) is 34.8 Å². The highest BCUT2D eigenvalue weighted by Gasteiger charge is 2.15. The van der Waals surface area contributed by atoms with Crippen LogP contribution in [0.2, 0.25) is 0 Å². The van der Waals surface area contributed by atoms with E-state index >= 15 is 0 Å². The highest BCUT2D eigenvalue weighted by molar-refractivity contribution is 5.96. The van der Waals surface area contributed by atoms with E-state index in [1.807, 2.05) is 48.7 Å². The number of ether oxygens (including phenoxy) is 1. The SMILES string of the molecule is COc1[c]cc2c(-c3c[nH]nc3-c3ccccc3)ncnc2c1. The number of fused-ring (bicyclic) bond motifs is 1. The topological polar surface area (TPSA) is 63.7 Å². The molecule has 0 aliphatic carbocycles. The van der Waals surface area contributed by atoms with Crippen LogP contribution in [0.4, 0.5) is 0 Å². The zero-order valence-corrected chi connectivity index (χ0v) is 12.4. The summed E-state index contributed by atoms with van der Waals surface area (Å²) in [6.45, 7) is 0. The van der Waals surface area contributed by atoms with Gasteiger partial charge in [0.05, 0.1) is 18.3 Å². The van der Waals surface area contributed by atoms with Gasteiger partial charge < -0.3 is 4.74 Å². The highest BCUT2D eigenvalue weighted by atomic mass is 16.5. The Kier molecular flexibility index (Phi) is 3.24. The van der Waals surface area contributed by atoms with Crippen molar-refractivity contribution in [2.24, 2.45) is 0 Å². The summed E-state index contributed by atoms with van der Waals surface area (Å²) in [5, 5.41) is 8.23. The summed E-state index contributed by atoms with van der Waals surface area (Å²) in [4.78, 5) is 8.78. The van der Waals surface area contributed by atoms with Gasteiger partial charge in [-0.2, -0.15) is 5.10 Å². The van der Waals surface area contributed by atoms with Crippen molar-refractivity contribution >= 4 is 10.9 Å². The molecule has 0 fully saturated rings. The maximum atomic E-state index is 5.21. The summed E-state index contributed by atoms with van der Waals surface area (Å²) < 4.78 is 5.21. The molecular weight excluding hydrogens is 288 g/mol. The van der Waals surface area contributed by atoms with E-state index in [0.29, 0.717) is 5.75 Å². The Bertz CT molecular complexity index is 963. The molecule has 5 heteroatoms. The summed E-state index contributed by atoms with van der Waals surface area (Å²) in [6.07, 6.45) is 3.41. The van der Waals surface area contributed by atoms with Crippen LogP contribution in [0.15, 0.2) is 55.0 Å². The first kappa shape index (κ1) is 13.5. The predicted molar refractivity (Wildman–Crippen MR) is 87.9 cm³/mol. The lowest BCUT2D eigenvalue weighted by molar-refractivity contribution is 0.414. The molecule has 0 aliphatic heterocycles. The predicted octanol–water partition coefficient (Wildman–Crippen LogP) is 3.50. The molecule has 0 atom stereocenters. The Balaban J connectivity index is 1.93. The summed E-state index contributed by atoms with van der Waals surface area (Å²) in [7, 11) is 1.61. The number of nitrogens with one attached hydrogen (secondary N) is 1. The van der Waals surface area contributed by atoms with E-state index in [0.717, 1.165) is 33.4 Å². The van der Waals surface area contributed by atoms with Crippen molar-refractivity contribution in [2.45, 2.75) is 0 Å². The molecule has 0 saturated heterocycles. The lowest BCUT2D eigenvalue weighted by Crippen LogP contribution is -1.91. The van der Waals surface area contributed by atoms with E-state index in [2.05, 4.69) is 26.2 Å². The molecule has 2 heterocycles. The van der Waals surface area contributed by atoms with Crippen LogP contribution in [0.5, 0.6) is 5.75 Å². The van der Waals surface area contributed by atoms with Crippen molar-refractivity contribution in [2.75, 3.05) is 7.11 Å². The van der Waals surface area contributed by atoms with Crippen LogP contribution in [0.1, 0.15) is 0 Å². The molecule has 0 bridgehead atoms. The number of aromatic nitrogens is 4. The standard InChI is InChI=1S/C18H13N4O/c1-23-13-7-8-14-16(9-13)19-11-20-18(14)15-10-21-22-17(15)12-5-3-2-4-6-12/h2-6,8-11H,1H3,(H,21,22). The molecule has 2 aromatic heterocycles. The molecule has 1 radical (unpaired) electrons. The Morgan fingerprint density at radius 2 is 1.96 bits per heavy atom. The number of methoxy groups -OCH3 is 1. The molecule has 23 heavy (non-hydrogen) atoms. The number of H-pyrrole nitrogens is 1. The number of aromatic amines is 1. The third-order valence-electron chi connectivity index (χ3n) is 3.70. The molecule has 0 saturated carbocycles. The average molecular weight is 301 g/mol. The zero-order valence-electron chi connectivity index (χ0n) is 12.4. The minimum Gasteiger partial charge on any atom is -0.496 e. The van der Waals surface area contributed by atoms with E-state index < -0.39 is 0 Å². The molecule has 1 N–H and O–H groups in total. The minimum absolute atomic E-state index is 0.651. The minimum atomic E-state index is 0.651. The number of nitrogens with zero attached hydrogens (tertiary/aromatic N) is 3. The second-order valence-electron chi connectivity index (χ2n) is 5.04. The number of rotatable bonds is 3. The van der Waals surface area contributed by atoms with Gasteiger partial charge in [-0.25, -0.2) is 9.97 Å². The molecule has 0 aliphatic rings. The van der Waals surface area contributed by atoms with Crippen molar-refractivity contribution in [1.82, 2.24) is 20.2 Å². The van der Waals surface area contributed by atoms with Crippen molar-refractivity contribution in [1.29, 1.82) is 0 Å². The Hall–Kier alpha value is -3.21. The number of hydrogen-bond donors (Lipinski definition) is 1. The van der Waals surface area contributed by atoms with Crippen molar-refractivity contribution < 1.29 is 4.74 Å². The lowest BCUT2D eigenvalue weighted by atomic mass is 10.0. The quantitative estimate of drug-likeness (QED) is 0.629. The van der Waals surface area contributed by atoms with Gasteiger partial charge >= 0.3 is 0 Å². The van der Waals surface area contributed by atoms with Crippen LogP contribution in [0.25, 0.3) is 33.4 Å².